The van der Waals surface area contributed by atoms with E-state index in [0.717, 1.165) is 21.8 Å². The van der Waals surface area contributed by atoms with E-state index < -0.39 is 0 Å². The first-order valence-electron chi connectivity index (χ1n) is 6.88. The van der Waals surface area contributed by atoms with Gasteiger partial charge < -0.3 is 15.5 Å². The number of fused-ring (bicyclic) bond motifs is 1. The van der Waals surface area contributed by atoms with Gasteiger partial charge in [0.15, 0.2) is 11.4 Å². The van der Waals surface area contributed by atoms with Gasteiger partial charge in [0.05, 0.1) is 6.54 Å². The Labute approximate surface area is 136 Å². The molecule has 0 spiro atoms. The summed E-state index contributed by atoms with van der Waals surface area (Å²) in [6.45, 7) is 4.45. The quantitative estimate of drug-likeness (QED) is 0.695. The summed E-state index contributed by atoms with van der Waals surface area (Å²) in [6.07, 6.45) is 2.41. The molecule has 0 aliphatic rings. The molecule has 8 heteroatoms. The summed E-state index contributed by atoms with van der Waals surface area (Å²) in [7, 11) is 0. The second-order valence-electron chi connectivity index (χ2n) is 5.13. The van der Waals surface area contributed by atoms with Gasteiger partial charge in [-0.3, -0.25) is 0 Å². The van der Waals surface area contributed by atoms with E-state index in [1.807, 2.05) is 19.2 Å². The normalized spacial score (nSPS) is 12.7. The van der Waals surface area contributed by atoms with Crippen LogP contribution in [0, 0.1) is 6.92 Å². The second-order valence-corrected chi connectivity index (χ2v) is 6.45. The molecule has 6 nitrogen and oxygen atoms in total. The summed E-state index contributed by atoms with van der Waals surface area (Å²) in [6, 6.07) is 0.00872. The van der Waals surface area contributed by atoms with Crippen molar-refractivity contribution in [3.63, 3.8) is 0 Å². The number of hydrogen-bond donors (Lipinski definition) is 2. The molecule has 3 aromatic heterocycles. The van der Waals surface area contributed by atoms with Gasteiger partial charge >= 0.3 is 0 Å². The number of hydrogen-bond acceptors (Lipinski definition) is 7. The number of aromatic nitrogens is 3. The Bertz CT molecular complexity index is 784. The van der Waals surface area contributed by atoms with Crippen LogP contribution in [0.2, 0.25) is 5.28 Å². The van der Waals surface area contributed by atoms with Gasteiger partial charge in [0, 0.05) is 29.6 Å². The molecule has 3 heterocycles. The van der Waals surface area contributed by atoms with Crippen molar-refractivity contribution in [3.8, 4) is 0 Å². The van der Waals surface area contributed by atoms with Crippen molar-refractivity contribution < 1.29 is 4.42 Å². The lowest BCUT2D eigenvalue weighted by molar-refractivity contribution is 0.521. The van der Waals surface area contributed by atoms with Crippen LogP contribution in [-0.2, 0) is 13.0 Å². The van der Waals surface area contributed by atoms with Crippen LogP contribution >= 0.6 is 22.9 Å². The van der Waals surface area contributed by atoms with Crippen molar-refractivity contribution in [2.24, 2.45) is 5.73 Å². The van der Waals surface area contributed by atoms with Gasteiger partial charge in [-0.25, -0.2) is 9.97 Å². The van der Waals surface area contributed by atoms with Gasteiger partial charge in [-0.15, -0.1) is 11.3 Å². The zero-order chi connectivity index (χ0) is 15.7. The fourth-order valence-corrected chi connectivity index (χ4v) is 2.94. The Morgan fingerprint density at radius 1 is 1.45 bits per heavy atom. The van der Waals surface area contributed by atoms with E-state index in [9.17, 15) is 0 Å². The highest BCUT2D eigenvalue weighted by Crippen LogP contribution is 2.30. The summed E-state index contributed by atoms with van der Waals surface area (Å²) in [4.78, 5) is 12.7. The number of furan rings is 1. The fraction of sp³-hybridized carbons (Fsp3) is 0.357. The highest BCUT2D eigenvalue weighted by atomic mass is 35.5. The van der Waals surface area contributed by atoms with Gasteiger partial charge in [-0.05, 0) is 25.4 Å². The van der Waals surface area contributed by atoms with Crippen molar-refractivity contribution in [1.29, 1.82) is 0 Å². The largest absolute Gasteiger partial charge is 0.455 e. The van der Waals surface area contributed by atoms with E-state index >= 15 is 0 Å². The predicted octanol–water partition coefficient (Wildman–Crippen LogP) is 3.14. The lowest BCUT2D eigenvalue weighted by atomic mass is 10.1. The van der Waals surface area contributed by atoms with Crippen molar-refractivity contribution in [2.45, 2.75) is 32.9 Å². The first-order valence-corrected chi connectivity index (χ1v) is 8.13. The molecule has 3 rings (SSSR count). The highest BCUT2D eigenvalue weighted by Gasteiger charge is 2.18. The van der Waals surface area contributed by atoms with E-state index in [0.29, 0.717) is 24.4 Å². The van der Waals surface area contributed by atoms with Crippen molar-refractivity contribution in [3.05, 3.63) is 33.2 Å². The van der Waals surface area contributed by atoms with E-state index in [2.05, 4.69) is 20.3 Å². The topological polar surface area (TPSA) is 89.9 Å². The van der Waals surface area contributed by atoms with E-state index in [-0.39, 0.29) is 11.3 Å². The van der Waals surface area contributed by atoms with Crippen LogP contribution in [0.1, 0.15) is 23.3 Å². The molecular weight excluding hydrogens is 322 g/mol. The van der Waals surface area contributed by atoms with Gasteiger partial charge in [-0.1, -0.05) is 0 Å². The number of aryl methyl sites for hydroxylation is 1. The average Bonchev–Trinajstić information content (AvgIpc) is 3.07. The van der Waals surface area contributed by atoms with Gasteiger partial charge in [0.2, 0.25) is 5.28 Å². The SMILES string of the molecule is Cc1c(CC(C)N)oc2c(NCc3nccs3)nc(Cl)nc12. The Kier molecular flexibility index (Phi) is 4.28. The Balaban J connectivity index is 1.98. The van der Waals surface area contributed by atoms with E-state index in [1.54, 1.807) is 17.5 Å². The van der Waals surface area contributed by atoms with Crippen molar-refractivity contribution in [2.75, 3.05) is 5.32 Å². The highest BCUT2D eigenvalue weighted by molar-refractivity contribution is 7.09. The lowest BCUT2D eigenvalue weighted by Gasteiger charge is -2.04. The minimum absolute atomic E-state index is 0.00872. The molecule has 0 radical (unpaired) electrons. The number of rotatable bonds is 5. The summed E-state index contributed by atoms with van der Waals surface area (Å²) < 4.78 is 5.92. The van der Waals surface area contributed by atoms with Crippen LogP contribution < -0.4 is 11.1 Å². The molecule has 0 fully saturated rings. The molecule has 0 aliphatic carbocycles. The van der Waals surface area contributed by atoms with Crippen LogP contribution in [0.4, 0.5) is 5.82 Å². The van der Waals surface area contributed by atoms with Crippen LogP contribution in [0.5, 0.6) is 0 Å². The van der Waals surface area contributed by atoms with Gasteiger partial charge in [-0.2, -0.15) is 4.98 Å². The fourth-order valence-electron chi connectivity index (χ4n) is 2.21. The zero-order valence-electron chi connectivity index (χ0n) is 12.3. The summed E-state index contributed by atoms with van der Waals surface area (Å²) in [5.41, 5.74) is 8.14. The molecular formula is C14H16ClN5OS. The van der Waals surface area contributed by atoms with Gasteiger partial charge in [0.25, 0.3) is 0 Å². The number of nitrogens with one attached hydrogen (secondary N) is 1. The lowest BCUT2D eigenvalue weighted by Crippen LogP contribution is -2.17. The molecule has 22 heavy (non-hydrogen) atoms. The first kappa shape index (κ1) is 15.2. The number of nitrogens with two attached hydrogens (primary N) is 1. The third-order valence-corrected chi connectivity index (χ3v) is 4.18. The molecule has 1 unspecified atom stereocenters. The molecule has 3 aromatic rings. The maximum Gasteiger partial charge on any atom is 0.225 e. The molecule has 0 saturated carbocycles. The van der Waals surface area contributed by atoms with Crippen LogP contribution in [0.15, 0.2) is 16.0 Å². The molecule has 0 aromatic carbocycles. The van der Waals surface area contributed by atoms with Crippen LogP contribution in [-0.4, -0.2) is 21.0 Å². The second kappa shape index (κ2) is 6.20. The van der Waals surface area contributed by atoms with Crippen molar-refractivity contribution in [1.82, 2.24) is 15.0 Å². The van der Waals surface area contributed by atoms with E-state index in [1.165, 1.54) is 0 Å². The zero-order valence-corrected chi connectivity index (χ0v) is 13.8. The minimum Gasteiger partial charge on any atom is -0.455 e. The molecule has 0 bridgehead atoms. The van der Waals surface area contributed by atoms with E-state index in [4.69, 9.17) is 21.8 Å². The van der Waals surface area contributed by atoms with Gasteiger partial charge in [0.1, 0.15) is 16.3 Å². The van der Waals surface area contributed by atoms with Crippen LogP contribution in [0.25, 0.3) is 11.1 Å². The predicted molar refractivity (Wildman–Crippen MR) is 88.3 cm³/mol. The average molecular weight is 338 g/mol. The number of anilines is 1. The molecule has 1 atom stereocenters. The third kappa shape index (κ3) is 3.06. The molecule has 0 amide bonds. The summed E-state index contributed by atoms with van der Waals surface area (Å²) >= 11 is 7.60. The Hall–Kier alpha value is -1.70. The van der Waals surface area contributed by atoms with Crippen LogP contribution in [0.3, 0.4) is 0 Å². The minimum atomic E-state index is 0.00872. The monoisotopic (exact) mass is 337 g/mol. The molecule has 0 aliphatic heterocycles. The Morgan fingerprint density at radius 3 is 2.95 bits per heavy atom. The van der Waals surface area contributed by atoms with Crippen molar-refractivity contribution >= 4 is 39.9 Å². The Morgan fingerprint density at radius 2 is 2.27 bits per heavy atom. The number of halogens is 1. The number of thiazole rings is 1. The maximum absolute atomic E-state index is 6.03. The molecule has 3 N–H and O–H groups in total. The standard InChI is InChI=1S/C14H16ClN5OS/c1-7(16)5-9-8(2)11-12(21-9)13(20-14(15)19-11)18-6-10-17-3-4-22-10/h3-4,7H,5-6,16H2,1-2H3,(H,18,19,20). The first-order chi connectivity index (χ1) is 10.5. The smallest absolute Gasteiger partial charge is 0.225 e. The summed E-state index contributed by atoms with van der Waals surface area (Å²) in [5, 5.41) is 6.29. The third-order valence-electron chi connectivity index (χ3n) is 3.23. The molecule has 0 saturated heterocycles. The summed E-state index contributed by atoms with van der Waals surface area (Å²) in [5.74, 6) is 1.39. The molecule has 116 valence electrons. The maximum atomic E-state index is 6.03. The number of nitrogens with zero attached hydrogens (tertiary/aromatic N) is 3.